The van der Waals surface area contributed by atoms with E-state index >= 15 is 0 Å². The zero-order valence-electron chi connectivity index (χ0n) is 9.03. The van der Waals surface area contributed by atoms with Gasteiger partial charge in [0.05, 0.1) is 6.33 Å². The molecule has 3 rings (SSSR count). The monoisotopic (exact) mass is 295 g/mol. The van der Waals surface area contributed by atoms with E-state index in [2.05, 4.69) is 20.9 Å². The zero-order valence-corrected chi connectivity index (χ0v) is 10.6. The zero-order chi connectivity index (χ0) is 12.0. The van der Waals surface area contributed by atoms with E-state index in [-0.39, 0.29) is 5.82 Å². The van der Waals surface area contributed by atoms with E-state index in [9.17, 15) is 4.39 Å². The minimum Gasteiger partial charge on any atom is -0.383 e. The lowest BCUT2D eigenvalue weighted by Gasteiger charge is -2.05. The maximum absolute atomic E-state index is 13.2. The number of anilines is 1. The molecule has 1 aliphatic carbocycles. The molecular weight excluding hydrogens is 285 g/mol. The predicted octanol–water partition coefficient (Wildman–Crippen LogP) is 3.37. The minimum atomic E-state index is -0.288. The molecule has 0 unspecified atom stereocenters. The lowest BCUT2D eigenvalue weighted by atomic mass is 10.1. The fraction of sp³-hybridized carbons (Fsp3) is 0.250. The molecule has 1 fully saturated rings. The highest BCUT2D eigenvalue weighted by Gasteiger charge is 2.26. The Balaban J connectivity index is 2.11. The Hall–Kier alpha value is -1.36. The van der Waals surface area contributed by atoms with Gasteiger partial charge in [-0.2, -0.15) is 0 Å². The second-order valence-electron chi connectivity index (χ2n) is 4.24. The van der Waals surface area contributed by atoms with E-state index in [0.29, 0.717) is 23.1 Å². The molecule has 1 saturated carbocycles. The lowest BCUT2D eigenvalue weighted by Crippen LogP contribution is -1.99. The summed E-state index contributed by atoms with van der Waals surface area (Å²) in [6.07, 6.45) is 4.02. The molecule has 0 atom stereocenters. The second kappa shape index (κ2) is 3.84. The number of benzene rings is 1. The molecule has 3 nitrogen and oxygen atoms in total. The van der Waals surface area contributed by atoms with E-state index in [4.69, 9.17) is 5.73 Å². The number of hydrogen-bond acceptors (Lipinski definition) is 2. The van der Waals surface area contributed by atoms with Gasteiger partial charge in [-0.1, -0.05) is 15.9 Å². The van der Waals surface area contributed by atoms with Crippen molar-refractivity contribution < 1.29 is 4.39 Å². The molecule has 0 aliphatic heterocycles. The highest BCUT2D eigenvalue weighted by atomic mass is 79.9. The molecule has 0 bridgehead atoms. The third kappa shape index (κ3) is 1.84. The van der Waals surface area contributed by atoms with Crippen LogP contribution in [0.5, 0.6) is 0 Å². The van der Waals surface area contributed by atoms with E-state index in [1.165, 1.54) is 12.1 Å². The first-order valence-electron chi connectivity index (χ1n) is 5.44. The molecule has 0 saturated heterocycles. The molecule has 5 heteroatoms. The molecule has 1 aromatic carbocycles. The first-order chi connectivity index (χ1) is 8.16. The topological polar surface area (TPSA) is 43.8 Å². The predicted molar refractivity (Wildman–Crippen MR) is 68.0 cm³/mol. The standard InChI is InChI=1S/C12H11BrFN3/c13-10-4-1-7(14)5-9(10)11-12(15)17(6-16-11)8-2-3-8/h1,4-6,8H,2-3,15H2. The Labute approximate surface area is 107 Å². The van der Waals surface area contributed by atoms with Gasteiger partial charge in [0.25, 0.3) is 0 Å². The van der Waals surface area contributed by atoms with Crippen molar-refractivity contribution in [1.82, 2.24) is 9.55 Å². The summed E-state index contributed by atoms with van der Waals surface area (Å²) in [6.45, 7) is 0. The molecular formula is C12H11BrFN3. The van der Waals surface area contributed by atoms with Gasteiger partial charge in [-0.15, -0.1) is 0 Å². The number of nitrogen functional groups attached to an aromatic ring is 1. The minimum absolute atomic E-state index is 0.288. The number of nitrogens with zero attached hydrogens (tertiary/aromatic N) is 2. The maximum atomic E-state index is 13.2. The fourth-order valence-electron chi connectivity index (χ4n) is 1.90. The molecule has 88 valence electrons. The van der Waals surface area contributed by atoms with Gasteiger partial charge in [0.15, 0.2) is 0 Å². The first-order valence-corrected chi connectivity index (χ1v) is 6.24. The smallest absolute Gasteiger partial charge is 0.131 e. The van der Waals surface area contributed by atoms with Gasteiger partial charge in [-0.3, -0.25) is 0 Å². The van der Waals surface area contributed by atoms with Crippen molar-refractivity contribution in [2.45, 2.75) is 18.9 Å². The molecule has 0 spiro atoms. The molecule has 0 amide bonds. The Morgan fingerprint density at radius 1 is 1.41 bits per heavy atom. The summed E-state index contributed by atoms with van der Waals surface area (Å²) < 4.78 is 16.0. The third-order valence-corrected chi connectivity index (χ3v) is 3.65. The lowest BCUT2D eigenvalue weighted by molar-refractivity contribution is 0.628. The van der Waals surface area contributed by atoms with Gasteiger partial charge in [0.2, 0.25) is 0 Å². The van der Waals surface area contributed by atoms with Gasteiger partial charge < -0.3 is 10.3 Å². The fourth-order valence-corrected chi connectivity index (χ4v) is 2.34. The van der Waals surface area contributed by atoms with Crippen molar-refractivity contribution in [1.29, 1.82) is 0 Å². The summed E-state index contributed by atoms with van der Waals surface area (Å²) in [7, 11) is 0. The van der Waals surface area contributed by atoms with Crippen LogP contribution in [0.4, 0.5) is 10.2 Å². The van der Waals surface area contributed by atoms with E-state index < -0.39 is 0 Å². The van der Waals surface area contributed by atoms with Crippen LogP contribution in [0.2, 0.25) is 0 Å². The molecule has 1 aromatic heterocycles. The highest BCUT2D eigenvalue weighted by molar-refractivity contribution is 9.10. The average molecular weight is 296 g/mol. The summed E-state index contributed by atoms with van der Waals surface area (Å²) in [5, 5.41) is 0. The summed E-state index contributed by atoms with van der Waals surface area (Å²) in [4.78, 5) is 4.29. The van der Waals surface area contributed by atoms with Crippen molar-refractivity contribution in [2.24, 2.45) is 0 Å². The van der Waals surface area contributed by atoms with Gasteiger partial charge in [0.1, 0.15) is 17.3 Å². The first kappa shape index (κ1) is 10.8. The number of hydrogen-bond donors (Lipinski definition) is 1. The summed E-state index contributed by atoms with van der Waals surface area (Å²) >= 11 is 3.39. The molecule has 17 heavy (non-hydrogen) atoms. The number of aromatic nitrogens is 2. The molecule has 2 aromatic rings. The van der Waals surface area contributed by atoms with Crippen LogP contribution in [-0.4, -0.2) is 9.55 Å². The quantitative estimate of drug-likeness (QED) is 0.923. The van der Waals surface area contributed by atoms with Crippen LogP contribution in [0, 0.1) is 5.82 Å². The van der Waals surface area contributed by atoms with Crippen LogP contribution in [0.1, 0.15) is 18.9 Å². The van der Waals surface area contributed by atoms with Crippen molar-refractivity contribution in [3.8, 4) is 11.3 Å². The number of halogens is 2. The van der Waals surface area contributed by atoms with Crippen LogP contribution in [-0.2, 0) is 0 Å². The molecule has 1 heterocycles. The normalized spacial score (nSPS) is 15.2. The second-order valence-corrected chi connectivity index (χ2v) is 5.10. The highest BCUT2D eigenvalue weighted by Crippen LogP contribution is 2.40. The Morgan fingerprint density at radius 2 is 2.18 bits per heavy atom. The van der Waals surface area contributed by atoms with Gasteiger partial charge >= 0.3 is 0 Å². The third-order valence-electron chi connectivity index (χ3n) is 2.96. The van der Waals surface area contributed by atoms with Gasteiger partial charge in [0, 0.05) is 16.1 Å². The molecule has 2 N–H and O–H groups in total. The Morgan fingerprint density at radius 3 is 2.88 bits per heavy atom. The summed E-state index contributed by atoms with van der Waals surface area (Å²) in [5.74, 6) is 0.322. The Bertz CT molecular complexity index is 575. The van der Waals surface area contributed by atoms with Crippen molar-refractivity contribution in [3.05, 3.63) is 34.8 Å². The number of imidazole rings is 1. The number of nitrogens with two attached hydrogens (primary N) is 1. The van der Waals surface area contributed by atoms with Crippen LogP contribution >= 0.6 is 15.9 Å². The van der Waals surface area contributed by atoms with Crippen LogP contribution in [0.15, 0.2) is 29.0 Å². The van der Waals surface area contributed by atoms with Crippen molar-refractivity contribution in [2.75, 3.05) is 5.73 Å². The van der Waals surface area contributed by atoms with Crippen molar-refractivity contribution in [3.63, 3.8) is 0 Å². The summed E-state index contributed by atoms with van der Waals surface area (Å²) in [6, 6.07) is 4.99. The Kier molecular flexibility index (Phi) is 2.43. The maximum Gasteiger partial charge on any atom is 0.131 e. The average Bonchev–Trinajstić information content (AvgIpc) is 3.07. The van der Waals surface area contributed by atoms with Gasteiger partial charge in [-0.05, 0) is 31.0 Å². The molecule has 0 radical (unpaired) electrons. The largest absolute Gasteiger partial charge is 0.383 e. The van der Waals surface area contributed by atoms with Crippen LogP contribution in [0.25, 0.3) is 11.3 Å². The van der Waals surface area contributed by atoms with E-state index in [1.807, 2.05) is 4.57 Å². The summed E-state index contributed by atoms with van der Waals surface area (Å²) in [5.41, 5.74) is 7.39. The van der Waals surface area contributed by atoms with E-state index in [0.717, 1.165) is 17.3 Å². The van der Waals surface area contributed by atoms with Crippen molar-refractivity contribution >= 4 is 21.7 Å². The van der Waals surface area contributed by atoms with Crippen LogP contribution in [0.3, 0.4) is 0 Å². The van der Waals surface area contributed by atoms with Gasteiger partial charge in [-0.25, -0.2) is 9.37 Å². The van der Waals surface area contributed by atoms with E-state index in [1.54, 1.807) is 12.4 Å². The van der Waals surface area contributed by atoms with Crippen LogP contribution < -0.4 is 5.73 Å². The number of rotatable bonds is 2. The SMILES string of the molecule is Nc1c(-c2cc(F)ccc2Br)ncn1C1CC1. The molecule has 1 aliphatic rings.